The molecule has 60 heavy (non-hydrogen) atoms. The predicted octanol–water partition coefficient (Wildman–Crippen LogP) is 10.5. The van der Waals surface area contributed by atoms with Crippen molar-refractivity contribution >= 4 is 28.4 Å². The van der Waals surface area contributed by atoms with Crippen molar-refractivity contribution in [2.45, 2.75) is 13.2 Å². The molecule has 0 saturated heterocycles. The fraction of sp³-hybridized carbons (Fsp3) is 0.0408. The van der Waals surface area contributed by atoms with Crippen LogP contribution in [0.2, 0.25) is 0 Å². The Labute approximate surface area is 346 Å². The summed E-state index contributed by atoms with van der Waals surface area (Å²) < 4.78 is 15.5. The predicted molar refractivity (Wildman–Crippen MR) is 235 cm³/mol. The van der Waals surface area contributed by atoms with Crippen LogP contribution >= 0.6 is 0 Å². The number of fused-ring (bicyclic) bond motifs is 1. The summed E-state index contributed by atoms with van der Waals surface area (Å²) in [7, 11) is 0. The van der Waals surface area contributed by atoms with Crippen LogP contribution in [-0.2, 0) is 13.2 Å². The van der Waals surface area contributed by atoms with Crippen molar-refractivity contribution < 1.29 is 19.7 Å². The molecular formula is C49H39N7O4. The fourth-order valence-corrected chi connectivity index (χ4v) is 6.82. The first kappa shape index (κ1) is 38.7. The summed E-state index contributed by atoms with van der Waals surface area (Å²) in [6, 6.07) is 49.8. The summed E-state index contributed by atoms with van der Waals surface area (Å²) in [5, 5.41) is 19.7. The lowest BCUT2D eigenvalue weighted by Gasteiger charge is -2.08. The largest absolute Gasteiger partial charge is 0.457 e. The van der Waals surface area contributed by atoms with Crippen molar-refractivity contribution in [1.29, 1.82) is 0 Å². The van der Waals surface area contributed by atoms with Gasteiger partial charge in [0.15, 0.2) is 5.65 Å². The Morgan fingerprint density at radius 3 is 1.55 bits per heavy atom. The van der Waals surface area contributed by atoms with E-state index < -0.39 is 0 Å². The van der Waals surface area contributed by atoms with E-state index in [0.29, 0.717) is 28.7 Å². The van der Waals surface area contributed by atoms with Gasteiger partial charge >= 0.3 is 0 Å². The number of aromatic nitrogens is 4. The molecule has 11 nitrogen and oxygen atoms in total. The third-order valence-electron chi connectivity index (χ3n) is 9.77. The van der Waals surface area contributed by atoms with E-state index in [9.17, 15) is 10.2 Å². The molecule has 0 atom stereocenters. The van der Waals surface area contributed by atoms with E-state index in [2.05, 4.69) is 14.8 Å². The quantitative estimate of drug-likeness (QED) is 0.1000. The van der Waals surface area contributed by atoms with Crippen molar-refractivity contribution in [1.82, 2.24) is 19.1 Å². The lowest BCUT2D eigenvalue weighted by atomic mass is 10.1. The molecular weight excluding hydrogens is 751 g/mol. The van der Waals surface area contributed by atoms with Gasteiger partial charge in [0.1, 0.15) is 41.0 Å². The van der Waals surface area contributed by atoms with Crippen LogP contribution in [0.5, 0.6) is 23.0 Å². The molecule has 0 bridgehead atoms. The van der Waals surface area contributed by atoms with Gasteiger partial charge in [0.05, 0.1) is 25.2 Å². The SMILES string of the molecule is Nc1ncnc2c1c(-c1ccc(Oc3ccccc3)cc1)cn2-c1cccc(CO)c1.[C-]#[N+]c1c(-c2ccc(Oc3ccccc3)cc2)cn(-c2cccc(CO)c2)c1N. The molecule has 294 valence electrons. The average Bonchev–Trinajstić information content (AvgIpc) is 3.86. The summed E-state index contributed by atoms with van der Waals surface area (Å²) in [6.45, 7) is 7.50. The molecule has 0 fully saturated rings. The number of nitrogens with zero attached hydrogens (tertiary/aromatic N) is 5. The molecule has 0 aliphatic carbocycles. The van der Waals surface area contributed by atoms with Crippen molar-refractivity contribution in [3.8, 4) is 56.6 Å². The van der Waals surface area contributed by atoms with Crippen LogP contribution < -0.4 is 20.9 Å². The smallest absolute Gasteiger partial charge is 0.235 e. The second-order valence-electron chi connectivity index (χ2n) is 13.7. The van der Waals surface area contributed by atoms with Gasteiger partial charge in [-0.3, -0.25) is 0 Å². The summed E-state index contributed by atoms with van der Waals surface area (Å²) in [6.07, 6.45) is 5.32. The molecule has 0 spiro atoms. The second-order valence-corrected chi connectivity index (χ2v) is 13.7. The molecule has 6 aromatic carbocycles. The first-order valence-corrected chi connectivity index (χ1v) is 19.0. The number of benzene rings is 6. The van der Waals surface area contributed by atoms with Crippen molar-refractivity contribution in [3.63, 3.8) is 0 Å². The van der Waals surface area contributed by atoms with Crippen molar-refractivity contribution in [2.24, 2.45) is 0 Å². The van der Waals surface area contributed by atoms with E-state index in [1.165, 1.54) is 6.33 Å². The van der Waals surface area contributed by atoms with Crippen LogP contribution in [0.4, 0.5) is 17.3 Å². The average molecular weight is 790 g/mol. The Morgan fingerprint density at radius 2 is 1.03 bits per heavy atom. The molecule has 9 rings (SSSR count). The molecule has 6 N–H and O–H groups in total. The lowest BCUT2D eigenvalue weighted by molar-refractivity contribution is 0.281. The van der Waals surface area contributed by atoms with E-state index in [0.717, 1.165) is 67.4 Å². The molecule has 0 saturated carbocycles. The van der Waals surface area contributed by atoms with Crippen LogP contribution in [0.1, 0.15) is 11.1 Å². The molecule has 3 aromatic heterocycles. The summed E-state index contributed by atoms with van der Waals surface area (Å²) in [5.74, 6) is 3.80. The lowest BCUT2D eigenvalue weighted by Crippen LogP contribution is -1.99. The van der Waals surface area contributed by atoms with Crippen LogP contribution in [0.3, 0.4) is 0 Å². The number of nitrogens with two attached hydrogens (primary N) is 2. The number of para-hydroxylation sites is 2. The summed E-state index contributed by atoms with van der Waals surface area (Å²) in [5.41, 5.74) is 20.4. The van der Waals surface area contributed by atoms with Crippen LogP contribution in [-0.4, -0.2) is 29.3 Å². The second kappa shape index (κ2) is 17.5. The first-order chi connectivity index (χ1) is 29.4. The molecule has 9 aromatic rings. The topological polar surface area (TPSA) is 151 Å². The van der Waals surface area contributed by atoms with Gasteiger partial charge in [-0.25, -0.2) is 14.8 Å². The van der Waals surface area contributed by atoms with Gasteiger partial charge in [-0.1, -0.05) is 84.9 Å². The minimum Gasteiger partial charge on any atom is -0.457 e. The molecule has 0 amide bonds. The number of aliphatic hydroxyl groups excluding tert-OH is 2. The third-order valence-corrected chi connectivity index (χ3v) is 9.77. The van der Waals surface area contributed by atoms with Gasteiger partial charge in [0, 0.05) is 34.9 Å². The van der Waals surface area contributed by atoms with E-state index in [4.69, 9.17) is 27.5 Å². The maximum Gasteiger partial charge on any atom is 0.235 e. The van der Waals surface area contributed by atoms with Gasteiger partial charge in [-0.05, 0) is 95.1 Å². The zero-order chi connectivity index (χ0) is 41.4. The highest BCUT2D eigenvalue weighted by Crippen LogP contribution is 2.40. The van der Waals surface area contributed by atoms with Gasteiger partial charge in [0.25, 0.3) is 0 Å². The number of ether oxygens (including phenoxy) is 2. The van der Waals surface area contributed by atoms with Gasteiger partial charge in [0.2, 0.25) is 5.69 Å². The normalized spacial score (nSPS) is 10.8. The summed E-state index contributed by atoms with van der Waals surface area (Å²) in [4.78, 5) is 12.3. The van der Waals surface area contributed by atoms with Crippen LogP contribution in [0, 0.1) is 6.57 Å². The number of anilines is 2. The number of rotatable bonds is 10. The van der Waals surface area contributed by atoms with E-state index >= 15 is 0 Å². The summed E-state index contributed by atoms with van der Waals surface area (Å²) >= 11 is 0. The zero-order valence-electron chi connectivity index (χ0n) is 32.3. The van der Waals surface area contributed by atoms with Crippen molar-refractivity contribution in [3.05, 3.63) is 199 Å². The highest BCUT2D eigenvalue weighted by Gasteiger charge is 2.18. The third kappa shape index (κ3) is 8.27. The Hall–Kier alpha value is -8.17. The Kier molecular flexibility index (Phi) is 11.3. The number of nitrogen functional groups attached to an aromatic ring is 2. The van der Waals surface area contributed by atoms with E-state index in [1.807, 2.05) is 175 Å². The molecule has 3 heterocycles. The van der Waals surface area contributed by atoms with Crippen LogP contribution in [0.25, 0.3) is 49.5 Å². The standard InChI is InChI=1S/C25H20N4O2.C24H19N3O2/c26-24-23-22(18-9-11-21(12-10-18)31-20-7-2-1-3-8-20)14-29(25(23)28-16-27-24)19-6-4-5-17(13-19)15-30;1-26-23-22(15-27(24(23)25)19-7-5-6-17(14-19)16-28)18-10-12-21(13-11-18)29-20-8-3-2-4-9-20/h1-14,16,30H,15H2,(H2,26,27,28);2-15,28H,16,25H2. The first-order valence-electron chi connectivity index (χ1n) is 19.0. The molecule has 0 unspecified atom stereocenters. The van der Waals surface area contributed by atoms with Crippen LogP contribution in [0.15, 0.2) is 176 Å². The highest BCUT2D eigenvalue weighted by molar-refractivity contribution is 6.01. The Morgan fingerprint density at radius 1 is 0.550 bits per heavy atom. The van der Waals surface area contributed by atoms with Gasteiger partial charge < -0.3 is 40.3 Å². The monoisotopic (exact) mass is 789 g/mol. The fourth-order valence-electron chi connectivity index (χ4n) is 6.82. The minimum atomic E-state index is -0.0551. The maximum absolute atomic E-state index is 9.51. The number of aliphatic hydroxyl groups is 2. The van der Waals surface area contributed by atoms with E-state index in [1.54, 1.807) is 4.57 Å². The zero-order valence-corrected chi connectivity index (χ0v) is 32.3. The minimum absolute atomic E-state index is 0.0279. The molecule has 0 radical (unpaired) electrons. The Bertz CT molecular complexity index is 2920. The molecule has 0 aliphatic rings. The van der Waals surface area contributed by atoms with Crippen molar-refractivity contribution in [2.75, 3.05) is 11.5 Å². The highest BCUT2D eigenvalue weighted by atomic mass is 16.5. The molecule has 11 heteroatoms. The Balaban J connectivity index is 0.000000167. The molecule has 0 aliphatic heterocycles. The van der Waals surface area contributed by atoms with Gasteiger partial charge in [-0.2, -0.15) is 0 Å². The number of hydrogen-bond acceptors (Lipinski definition) is 8. The number of hydrogen-bond donors (Lipinski definition) is 4. The van der Waals surface area contributed by atoms with E-state index in [-0.39, 0.29) is 13.2 Å². The maximum atomic E-state index is 9.51. The van der Waals surface area contributed by atoms with Gasteiger partial charge in [-0.15, -0.1) is 0 Å².